The maximum atomic E-state index is 13.5. The molecule has 0 saturated heterocycles. The fraction of sp³-hybridized carbons (Fsp3) is 0.440. The number of anilines is 1. The average molecular weight is 474 g/mol. The number of rotatable bonds is 10. The number of hydrogen-bond donors (Lipinski definition) is 1. The Kier molecular flexibility index (Phi) is 9.05. The number of amides is 2. The van der Waals surface area contributed by atoms with Gasteiger partial charge in [0, 0.05) is 12.6 Å². The van der Waals surface area contributed by atoms with Gasteiger partial charge in [-0.3, -0.25) is 13.9 Å². The summed E-state index contributed by atoms with van der Waals surface area (Å²) in [5.74, 6) is -0.719. The number of carbonyl (C=O) groups is 2. The first-order valence-corrected chi connectivity index (χ1v) is 13.0. The predicted octanol–water partition coefficient (Wildman–Crippen LogP) is 3.40. The molecule has 0 spiro atoms. The van der Waals surface area contributed by atoms with Crippen LogP contribution in [0.5, 0.6) is 0 Å². The van der Waals surface area contributed by atoms with E-state index in [1.54, 1.807) is 19.9 Å². The standard InChI is InChI=1S/C25H35N3O4S/c1-7-20(4)26-25(30)21(5)27(16-22-11-9-8-10-12-22)24(29)17-28(33(6,31)32)23-15-18(2)13-14-19(23)3/h8-15,20-21H,7,16-17H2,1-6H3,(H,26,30)/t20-,21-/m0/s1. The van der Waals surface area contributed by atoms with Gasteiger partial charge < -0.3 is 10.2 Å². The molecule has 0 radical (unpaired) electrons. The third-order valence-electron chi connectivity index (χ3n) is 5.68. The molecule has 7 nitrogen and oxygen atoms in total. The lowest BCUT2D eigenvalue weighted by molar-refractivity contribution is -0.139. The molecule has 0 fully saturated rings. The second-order valence-corrected chi connectivity index (χ2v) is 10.5. The van der Waals surface area contributed by atoms with Crippen LogP contribution in [-0.2, 0) is 26.2 Å². The number of nitrogens with one attached hydrogen (secondary N) is 1. The molecule has 0 aromatic heterocycles. The molecule has 0 saturated carbocycles. The molecule has 180 valence electrons. The van der Waals surface area contributed by atoms with Gasteiger partial charge in [0.2, 0.25) is 21.8 Å². The molecule has 1 N–H and O–H groups in total. The Labute approximate surface area is 197 Å². The van der Waals surface area contributed by atoms with E-state index in [1.165, 1.54) is 4.90 Å². The molecular weight excluding hydrogens is 438 g/mol. The Hall–Kier alpha value is -2.87. The SMILES string of the molecule is CC[C@H](C)NC(=O)[C@H](C)N(Cc1ccccc1)C(=O)CN(c1cc(C)ccc1C)S(C)(=O)=O. The van der Waals surface area contributed by atoms with Crippen LogP contribution in [0.4, 0.5) is 5.69 Å². The van der Waals surface area contributed by atoms with Gasteiger partial charge in [-0.15, -0.1) is 0 Å². The van der Waals surface area contributed by atoms with Gasteiger partial charge in [-0.05, 0) is 56.9 Å². The van der Waals surface area contributed by atoms with Gasteiger partial charge in [0.25, 0.3) is 0 Å². The summed E-state index contributed by atoms with van der Waals surface area (Å²) in [7, 11) is -3.74. The number of nitrogens with zero attached hydrogens (tertiary/aromatic N) is 2. The normalized spacial score (nSPS) is 13.2. The van der Waals surface area contributed by atoms with Crippen LogP contribution in [-0.4, -0.2) is 50.0 Å². The third-order valence-corrected chi connectivity index (χ3v) is 6.80. The van der Waals surface area contributed by atoms with Crippen molar-refractivity contribution in [3.05, 3.63) is 65.2 Å². The molecule has 0 aliphatic rings. The zero-order valence-corrected chi connectivity index (χ0v) is 21.1. The molecule has 0 aliphatic heterocycles. The van der Waals surface area contributed by atoms with Gasteiger partial charge in [0.15, 0.2) is 0 Å². The van der Waals surface area contributed by atoms with Crippen molar-refractivity contribution in [2.45, 2.75) is 59.7 Å². The van der Waals surface area contributed by atoms with Crippen molar-refractivity contribution in [2.24, 2.45) is 0 Å². The summed E-state index contributed by atoms with van der Waals surface area (Å²) in [6, 6.07) is 14.0. The molecule has 0 bridgehead atoms. The molecule has 0 heterocycles. The summed E-state index contributed by atoms with van der Waals surface area (Å²) in [6.45, 7) is 9.02. The number of hydrogen-bond acceptors (Lipinski definition) is 4. The van der Waals surface area contributed by atoms with Gasteiger partial charge >= 0.3 is 0 Å². The lowest BCUT2D eigenvalue weighted by atomic mass is 10.1. The van der Waals surface area contributed by atoms with Gasteiger partial charge in [-0.2, -0.15) is 0 Å². The minimum atomic E-state index is -3.74. The van der Waals surface area contributed by atoms with E-state index in [1.807, 2.05) is 63.2 Å². The Morgan fingerprint density at radius 3 is 2.24 bits per heavy atom. The number of sulfonamides is 1. The van der Waals surface area contributed by atoms with Crippen LogP contribution in [0.2, 0.25) is 0 Å². The van der Waals surface area contributed by atoms with Crippen molar-refractivity contribution in [3.8, 4) is 0 Å². The van der Waals surface area contributed by atoms with E-state index in [0.717, 1.165) is 33.7 Å². The highest BCUT2D eigenvalue weighted by atomic mass is 32.2. The first-order chi connectivity index (χ1) is 15.4. The number of carbonyl (C=O) groups excluding carboxylic acids is 2. The van der Waals surface area contributed by atoms with Crippen LogP contribution in [0.15, 0.2) is 48.5 Å². The smallest absolute Gasteiger partial charge is 0.244 e. The van der Waals surface area contributed by atoms with E-state index in [4.69, 9.17) is 0 Å². The summed E-state index contributed by atoms with van der Waals surface area (Å²) in [5.41, 5.74) is 2.95. The topological polar surface area (TPSA) is 86.8 Å². The lowest BCUT2D eigenvalue weighted by Gasteiger charge is -2.32. The average Bonchev–Trinajstić information content (AvgIpc) is 2.76. The minimum Gasteiger partial charge on any atom is -0.352 e. The largest absolute Gasteiger partial charge is 0.352 e. The Balaban J connectivity index is 2.40. The molecule has 8 heteroatoms. The van der Waals surface area contributed by atoms with Crippen molar-refractivity contribution in [2.75, 3.05) is 17.1 Å². The zero-order chi connectivity index (χ0) is 24.8. The van der Waals surface area contributed by atoms with Crippen molar-refractivity contribution < 1.29 is 18.0 Å². The maximum Gasteiger partial charge on any atom is 0.244 e. The van der Waals surface area contributed by atoms with E-state index in [0.29, 0.717) is 5.69 Å². The maximum absolute atomic E-state index is 13.5. The van der Waals surface area contributed by atoms with Gasteiger partial charge in [-0.1, -0.05) is 49.4 Å². The molecule has 2 atom stereocenters. The van der Waals surface area contributed by atoms with E-state index >= 15 is 0 Å². The lowest BCUT2D eigenvalue weighted by Crippen LogP contribution is -2.52. The summed E-state index contributed by atoms with van der Waals surface area (Å²) in [5, 5.41) is 2.92. The van der Waals surface area contributed by atoms with Gasteiger partial charge in [0.1, 0.15) is 12.6 Å². The van der Waals surface area contributed by atoms with Gasteiger partial charge in [0.05, 0.1) is 11.9 Å². The molecule has 0 aliphatic carbocycles. The fourth-order valence-electron chi connectivity index (χ4n) is 3.41. The number of benzene rings is 2. The molecule has 2 aromatic rings. The Bertz CT molecular complexity index is 1070. The molecule has 0 unspecified atom stereocenters. The predicted molar refractivity (Wildman–Crippen MR) is 132 cm³/mol. The second-order valence-electron chi connectivity index (χ2n) is 8.56. The molecular formula is C25H35N3O4S. The van der Waals surface area contributed by atoms with Crippen molar-refractivity contribution in [1.29, 1.82) is 0 Å². The molecule has 33 heavy (non-hydrogen) atoms. The van der Waals surface area contributed by atoms with E-state index in [9.17, 15) is 18.0 Å². The van der Waals surface area contributed by atoms with Crippen LogP contribution in [0, 0.1) is 13.8 Å². The fourth-order valence-corrected chi connectivity index (χ4v) is 4.31. The molecule has 2 aromatic carbocycles. The highest BCUT2D eigenvalue weighted by molar-refractivity contribution is 7.92. The highest BCUT2D eigenvalue weighted by Gasteiger charge is 2.30. The summed E-state index contributed by atoms with van der Waals surface area (Å²) < 4.78 is 26.5. The van der Waals surface area contributed by atoms with E-state index in [-0.39, 0.29) is 18.5 Å². The van der Waals surface area contributed by atoms with Crippen LogP contribution in [0.25, 0.3) is 0 Å². The van der Waals surface area contributed by atoms with E-state index in [2.05, 4.69) is 5.32 Å². The molecule has 2 amide bonds. The first-order valence-electron chi connectivity index (χ1n) is 11.1. The first kappa shape index (κ1) is 26.4. The summed E-state index contributed by atoms with van der Waals surface area (Å²) >= 11 is 0. The summed E-state index contributed by atoms with van der Waals surface area (Å²) in [4.78, 5) is 27.8. The highest BCUT2D eigenvalue weighted by Crippen LogP contribution is 2.24. The minimum absolute atomic E-state index is 0.0314. The third kappa shape index (κ3) is 7.32. The van der Waals surface area contributed by atoms with Crippen molar-refractivity contribution in [3.63, 3.8) is 0 Å². The summed E-state index contributed by atoms with van der Waals surface area (Å²) in [6.07, 6.45) is 1.85. The second kappa shape index (κ2) is 11.3. The van der Waals surface area contributed by atoms with Crippen molar-refractivity contribution in [1.82, 2.24) is 10.2 Å². The quantitative estimate of drug-likeness (QED) is 0.573. The monoisotopic (exact) mass is 473 g/mol. The van der Waals surface area contributed by atoms with Crippen molar-refractivity contribution >= 4 is 27.5 Å². The molecule has 2 rings (SSSR count). The van der Waals surface area contributed by atoms with Crippen LogP contribution < -0.4 is 9.62 Å². The van der Waals surface area contributed by atoms with Gasteiger partial charge in [-0.25, -0.2) is 8.42 Å². The Morgan fingerprint density at radius 2 is 1.67 bits per heavy atom. The zero-order valence-electron chi connectivity index (χ0n) is 20.3. The number of aryl methyl sites for hydroxylation is 2. The van der Waals surface area contributed by atoms with Crippen LogP contribution >= 0.6 is 0 Å². The van der Waals surface area contributed by atoms with Crippen LogP contribution in [0.1, 0.15) is 43.9 Å². The van der Waals surface area contributed by atoms with E-state index < -0.39 is 28.5 Å². The van der Waals surface area contributed by atoms with Crippen LogP contribution in [0.3, 0.4) is 0 Å². The Morgan fingerprint density at radius 1 is 1.03 bits per heavy atom.